The molecule has 0 N–H and O–H groups in total. The van der Waals surface area contributed by atoms with E-state index in [2.05, 4.69) is 196 Å². The van der Waals surface area contributed by atoms with Crippen LogP contribution in [0.4, 0.5) is 0 Å². The van der Waals surface area contributed by atoms with Crippen LogP contribution < -0.4 is 0 Å². The highest BCUT2D eigenvalue weighted by Gasteiger charge is 2.37. The monoisotopic (exact) mass is 727 g/mol. The van der Waals surface area contributed by atoms with Crippen molar-refractivity contribution in [3.05, 3.63) is 199 Å². The summed E-state index contributed by atoms with van der Waals surface area (Å²) in [5.41, 5.74) is 12.5. The Morgan fingerprint density at radius 3 is 1.75 bits per heavy atom. The van der Waals surface area contributed by atoms with E-state index in [9.17, 15) is 0 Å². The average molecular weight is 728 g/mol. The van der Waals surface area contributed by atoms with E-state index in [1.807, 2.05) is 6.07 Å². The molecule has 1 aliphatic carbocycles. The Bertz CT molecular complexity index is 3200. The number of hydrogen-bond donors (Lipinski definition) is 0. The molecule has 0 fully saturated rings. The van der Waals surface area contributed by atoms with Crippen LogP contribution in [-0.4, -0.2) is 15.0 Å². The third kappa shape index (κ3) is 5.38. The quantitative estimate of drug-likeness (QED) is 0.131. The molecule has 10 aromatic rings. The first kappa shape index (κ1) is 33.1. The molecule has 0 radical (unpaired) electrons. The van der Waals surface area contributed by atoms with E-state index in [-0.39, 0.29) is 5.41 Å². The molecule has 268 valence electrons. The van der Waals surface area contributed by atoms with Gasteiger partial charge in [-0.05, 0) is 89.0 Å². The fourth-order valence-electron chi connectivity index (χ4n) is 9.08. The van der Waals surface area contributed by atoms with E-state index in [4.69, 9.17) is 15.0 Å². The summed E-state index contributed by atoms with van der Waals surface area (Å²) in [5, 5.41) is 7.47. The Hall–Kier alpha value is -7.23. The Morgan fingerprint density at radius 1 is 0.316 bits per heavy atom. The molecular formula is C54H37N3. The summed E-state index contributed by atoms with van der Waals surface area (Å²) in [6, 6.07) is 67.3. The van der Waals surface area contributed by atoms with Gasteiger partial charge >= 0.3 is 0 Å². The first-order chi connectivity index (χ1) is 28.0. The zero-order chi connectivity index (χ0) is 38.1. The van der Waals surface area contributed by atoms with Crippen LogP contribution in [0.25, 0.3) is 99.9 Å². The zero-order valence-corrected chi connectivity index (χ0v) is 31.7. The first-order valence-corrected chi connectivity index (χ1v) is 19.6. The maximum atomic E-state index is 5.29. The number of hydrogen-bond acceptors (Lipinski definition) is 3. The fraction of sp³-hybridized carbons (Fsp3) is 0.0556. The Labute approximate surface area is 332 Å². The van der Waals surface area contributed by atoms with Gasteiger partial charge in [0.2, 0.25) is 0 Å². The van der Waals surface area contributed by atoms with E-state index in [0.29, 0.717) is 17.5 Å². The van der Waals surface area contributed by atoms with Gasteiger partial charge in [-0.1, -0.05) is 190 Å². The predicted octanol–water partition coefficient (Wildman–Crippen LogP) is 14.0. The maximum Gasteiger partial charge on any atom is 0.164 e. The minimum Gasteiger partial charge on any atom is -0.208 e. The molecule has 1 aromatic heterocycles. The van der Waals surface area contributed by atoms with Crippen molar-refractivity contribution in [2.45, 2.75) is 19.3 Å². The standard InChI is InChI=1S/C54H37N3/c1-54(2)47-24-11-10-22-44(47)50-45(23-13-25-48(50)54)53-56-51(55-52(57-53)40-19-12-18-38(32-40)34-14-4-3-5-15-34)37-28-26-36(27-29-37)49-42-21-9-7-17-39(42)33-46-41-20-8-6-16-35(41)30-31-43(46)49/h3-33H,1-2H3. The normalized spacial score (nSPS) is 12.9. The molecule has 0 saturated heterocycles. The Morgan fingerprint density at radius 2 is 0.912 bits per heavy atom. The molecule has 0 bridgehead atoms. The van der Waals surface area contributed by atoms with Crippen LogP contribution in [0, 0.1) is 0 Å². The third-order valence-corrected chi connectivity index (χ3v) is 11.9. The van der Waals surface area contributed by atoms with Crippen LogP contribution in [0.5, 0.6) is 0 Å². The summed E-state index contributed by atoms with van der Waals surface area (Å²) >= 11 is 0. The van der Waals surface area contributed by atoms with Crippen molar-refractivity contribution in [3.63, 3.8) is 0 Å². The van der Waals surface area contributed by atoms with Gasteiger partial charge in [-0.2, -0.15) is 0 Å². The first-order valence-electron chi connectivity index (χ1n) is 19.6. The second kappa shape index (κ2) is 12.9. The molecule has 3 heteroatoms. The van der Waals surface area contributed by atoms with Crippen molar-refractivity contribution in [1.29, 1.82) is 0 Å². The third-order valence-electron chi connectivity index (χ3n) is 11.9. The van der Waals surface area contributed by atoms with Crippen molar-refractivity contribution in [2.24, 2.45) is 0 Å². The van der Waals surface area contributed by atoms with Crippen LogP contribution in [0.2, 0.25) is 0 Å². The molecule has 9 aromatic carbocycles. The summed E-state index contributed by atoms with van der Waals surface area (Å²) in [4.78, 5) is 15.8. The van der Waals surface area contributed by atoms with Gasteiger partial charge in [0.15, 0.2) is 17.5 Å². The van der Waals surface area contributed by atoms with Crippen LogP contribution in [-0.2, 0) is 5.41 Å². The summed E-state index contributed by atoms with van der Waals surface area (Å²) in [7, 11) is 0. The van der Waals surface area contributed by atoms with Crippen LogP contribution in [0.1, 0.15) is 25.0 Å². The Kier molecular flexibility index (Phi) is 7.52. The number of fused-ring (bicyclic) bond motifs is 7. The lowest BCUT2D eigenvalue weighted by molar-refractivity contribution is 0.660. The lowest BCUT2D eigenvalue weighted by Crippen LogP contribution is -2.14. The van der Waals surface area contributed by atoms with E-state index in [1.54, 1.807) is 0 Å². The maximum absolute atomic E-state index is 5.29. The van der Waals surface area contributed by atoms with E-state index < -0.39 is 0 Å². The van der Waals surface area contributed by atoms with Crippen molar-refractivity contribution >= 4 is 32.3 Å². The molecule has 11 rings (SSSR count). The lowest BCUT2D eigenvalue weighted by Gasteiger charge is -2.21. The van der Waals surface area contributed by atoms with Gasteiger partial charge in [0, 0.05) is 22.1 Å². The number of nitrogens with zero attached hydrogens (tertiary/aromatic N) is 3. The second-order valence-electron chi connectivity index (χ2n) is 15.6. The van der Waals surface area contributed by atoms with Crippen molar-refractivity contribution in [1.82, 2.24) is 15.0 Å². The molecule has 57 heavy (non-hydrogen) atoms. The number of rotatable bonds is 5. The van der Waals surface area contributed by atoms with E-state index >= 15 is 0 Å². The summed E-state index contributed by atoms with van der Waals surface area (Å²) < 4.78 is 0. The molecule has 0 amide bonds. The summed E-state index contributed by atoms with van der Waals surface area (Å²) in [6.45, 7) is 4.62. The SMILES string of the molecule is CC1(C)c2ccccc2-c2c(-c3nc(-c4ccc(-c5c6ccccc6cc6c5ccc5ccccc56)cc4)nc(-c4cccc(-c5ccccc5)c4)n3)cccc21. The van der Waals surface area contributed by atoms with Gasteiger partial charge in [0.05, 0.1) is 0 Å². The molecule has 0 saturated carbocycles. The highest BCUT2D eigenvalue weighted by molar-refractivity contribution is 6.20. The lowest BCUT2D eigenvalue weighted by atomic mass is 9.82. The second-order valence-corrected chi connectivity index (χ2v) is 15.6. The summed E-state index contributed by atoms with van der Waals surface area (Å²) in [6.07, 6.45) is 0. The van der Waals surface area contributed by atoms with Crippen molar-refractivity contribution in [3.8, 4) is 67.5 Å². The topological polar surface area (TPSA) is 38.7 Å². The molecule has 1 aliphatic rings. The summed E-state index contributed by atoms with van der Waals surface area (Å²) in [5.74, 6) is 1.95. The molecule has 0 unspecified atom stereocenters. The molecule has 3 nitrogen and oxygen atoms in total. The molecule has 0 aliphatic heterocycles. The fourth-order valence-corrected chi connectivity index (χ4v) is 9.08. The highest BCUT2D eigenvalue weighted by atomic mass is 15.0. The van der Waals surface area contributed by atoms with Crippen LogP contribution in [0.15, 0.2) is 188 Å². The van der Waals surface area contributed by atoms with Gasteiger partial charge < -0.3 is 0 Å². The van der Waals surface area contributed by atoms with Gasteiger partial charge in [-0.15, -0.1) is 0 Å². The largest absolute Gasteiger partial charge is 0.208 e. The number of benzene rings is 9. The van der Waals surface area contributed by atoms with Crippen molar-refractivity contribution < 1.29 is 0 Å². The molecular weight excluding hydrogens is 691 g/mol. The Balaban J connectivity index is 1.10. The average Bonchev–Trinajstić information content (AvgIpc) is 3.51. The van der Waals surface area contributed by atoms with Gasteiger partial charge in [-0.25, -0.2) is 15.0 Å². The predicted molar refractivity (Wildman–Crippen MR) is 237 cm³/mol. The van der Waals surface area contributed by atoms with Gasteiger partial charge in [-0.3, -0.25) is 0 Å². The highest BCUT2D eigenvalue weighted by Crippen LogP contribution is 2.51. The smallest absolute Gasteiger partial charge is 0.164 e. The molecule has 0 spiro atoms. The van der Waals surface area contributed by atoms with E-state index in [1.165, 1.54) is 60.1 Å². The van der Waals surface area contributed by atoms with Crippen LogP contribution in [0.3, 0.4) is 0 Å². The minimum absolute atomic E-state index is 0.140. The zero-order valence-electron chi connectivity index (χ0n) is 31.7. The van der Waals surface area contributed by atoms with Crippen molar-refractivity contribution in [2.75, 3.05) is 0 Å². The molecule has 1 heterocycles. The molecule has 0 atom stereocenters. The van der Waals surface area contributed by atoms with Gasteiger partial charge in [0.25, 0.3) is 0 Å². The number of aromatic nitrogens is 3. The van der Waals surface area contributed by atoms with Gasteiger partial charge in [0.1, 0.15) is 0 Å². The van der Waals surface area contributed by atoms with E-state index in [0.717, 1.165) is 33.4 Å². The minimum atomic E-state index is -0.140. The van der Waals surface area contributed by atoms with Crippen LogP contribution >= 0.6 is 0 Å².